The van der Waals surface area contributed by atoms with Gasteiger partial charge in [-0.05, 0) is 54.4 Å². The fourth-order valence-corrected chi connectivity index (χ4v) is 3.50. The molecule has 0 amide bonds. The molecule has 0 saturated carbocycles. The van der Waals surface area contributed by atoms with Gasteiger partial charge in [-0.3, -0.25) is 4.79 Å². The first-order chi connectivity index (χ1) is 16.8. The molecule has 3 rings (SSSR count). The summed E-state index contributed by atoms with van der Waals surface area (Å²) in [4.78, 5) is 11.1. The van der Waals surface area contributed by atoms with E-state index in [9.17, 15) is 18.0 Å². The molecule has 0 aromatic heterocycles. The number of aliphatic carboxylic acids is 1. The molecule has 3 aromatic carbocycles. The maximum Gasteiger partial charge on any atom is 0.416 e. The average molecular weight is 482 g/mol. The Morgan fingerprint density at radius 1 is 0.857 bits per heavy atom. The molecule has 0 aliphatic rings. The number of hydrogen-bond donors (Lipinski definition) is 1. The van der Waals surface area contributed by atoms with Crippen molar-refractivity contribution < 1.29 is 32.5 Å². The van der Waals surface area contributed by atoms with Crippen molar-refractivity contribution in [3.05, 3.63) is 95.6 Å². The van der Waals surface area contributed by atoms with E-state index in [2.05, 4.69) is 11.8 Å². The van der Waals surface area contributed by atoms with E-state index in [1.807, 2.05) is 30.3 Å². The van der Waals surface area contributed by atoms with Crippen LogP contribution in [0.1, 0.15) is 41.9 Å². The highest BCUT2D eigenvalue weighted by molar-refractivity contribution is 5.69. The van der Waals surface area contributed by atoms with E-state index in [1.165, 1.54) is 12.1 Å². The number of halogens is 3. The zero-order valence-electron chi connectivity index (χ0n) is 19.1. The highest BCUT2D eigenvalue weighted by atomic mass is 19.4. The molecular weight excluding hydrogens is 457 g/mol. The van der Waals surface area contributed by atoms with E-state index in [4.69, 9.17) is 14.6 Å². The Balaban J connectivity index is 1.66. The molecule has 1 N–H and O–H groups in total. The van der Waals surface area contributed by atoms with E-state index < -0.39 is 23.6 Å². The summed E-state index contributed by atoms with van der Waals surface area (Å²) in [7, 11) is 0. The van der Waals surface area contributed by atoms with Crippen LogP contribution >= 0.6 is 0 Å². The molecule has 4 nitrogen and oxygen atoms in total. The minimum Gasteiger partial charge on any atom is -0.493 e. The normalized spacial score (nSPS) is 12.7. The molecule has 3 aromatic rings. The summed E-state index contributed by atoms with van der Waals surface area (Å²) in [5.74, 6) is 5.12. The predicted molar refractivity (Wildman–Crippen MR) is 127 cm³/mol. The fourth-order valence-electron chi connectivity index (χ4n) is 3.50. The molecule has 0 aliphatic heterocycles. The molecule has 2 unspecified atom stereocenters. The van der Waals surface area contributed by atoms with E-state index in [0.717, 1.165) is 23.3 Å². The standard InChI is InChI=1S/C28H25F3O4/c1-2-6-22(17-27(32)33)21-9-13-25(14-10-21)34-18-23(20-7-4-3-5-8-20)19-35-26-15-11-24(12-16-26)28(29,30)31/h3-5,7-16,22-23H,17-19H2,1H3,(H,32,33). The summed E-state index contributed by atoms with van der Waals surface area (Å²) in [5.41, 5.74) is 1.03. The molecule has 0 heterocycles. The lowest BCUT2D eigenvalue weighted by molar-refractivity contribution is -0.138. The van der Waals surface area contributed by atoms with E-state index >= 15 is 0 Å². The van der Waals surface area contributed by atoms with Crippen LogP contribution in [-0.4, -0.2) is 24.3 Å². The molecule has 0 aliphatic carbocycles. The van der Waals surface area contributed by atoms with Crippen molar-refractivity contribution in [2.45, 2.75) is 31.4 Å². The lowest BCUT2D eigenvalue weighted by Gasteiger charge is -2.19. The van der Waals surface area contributed by atoms with Crippen molar-refractivity contribution in [3.8, 4) is 23.3 Å². The van der Waals surface area contributed by atoms with Gasteiger partial charge in [-0.15, -0.1) is 5.92 Å². The lowest BCUT2D eigenvalue weighted by atomic mass is 9.96. The fraction of sp³-hybridized carbons (Fsp3) is 0.250. The lowest BCUT2D eigenvalue weighted by Crippen LogP contribution is -2.18. The van der Waals surface area contributed by atoms with Crippen LogP contribution in [0.15, 0.2) is 78.9 Å². The number of carboxylic acid groups (broad SMARTS) is 1. The summed E-state index contributed by atoms with van der Waals surface area (Å²) in [6.07, 6.45) is -4.48. The van der Waals surface area contributed by atoms with Crippen LogP contribution in [0.3, 0.4) is 0 Å². The number of carboxylic acids is 1. The van der Waals surface area contributed by atoms with Gasteiger partial charge in [0.2, 0.25) is 0 Å². The van der Waals surface area contributed by atoms with Gasteiger partial charge in [0.05, 0.1) is 37.0 Å². The minimum absolute atomic E-state index is 0.0849. The predicted octanol–water partition coefficient (Wildman–Crippen LogP) is 6.53. The Morgan fingerprint density at radius 3 is 1.89 bits per heavy atom. The Morgan fingerprint density at radius 2 is 1.40 bits per heavy atom. The number of benzene rings is 3. The quantitative estimate of drug-likeness (QED) is 0.334. The minimum atomic E-state index is -4.40. The van der Waals surface area contributed by atoms with E-state index in [-0.39, 0.29) is 25.6 Å². The van der Waals surface area contributed by atoms with Crippen LogP contribution in [0.4, 0.5) is 13.2 Å². The molecule has 2 atom stereocenters. The maximum atomic E-state index is 12.8. The summed E-state index contributed by atoms with van der Waals surface area (Å²) in [6.45, 7) is 2.15. The highest BCUT2D eigenvalue weighted by Crippen LogP contribution is 2.30. The second kappa shape index (κ2) is 12.0. The zero-order valence-corrected chi connectivity index (χ0v) is 19.1. The van der Waals surface area contributed by atoms with Crippen LogP contribution in [0.25, 0.3) is 0 Å². The van der Waals surface area contributed by atoms with Gasteiger partial charge < -0.3 is 14.6 Å². The molecule has 182 valence electrons. The maximum absolute atomic E-state index is 12.8. The van der Waals surface area contributed by atoms with E-state index in [1.54, 1.807) is 31.2 Å². The van der Waals surface area contributed by atoms with Gasteiger partial charge in [0.15, 0.2) is 0 Å². The third kappa shape index (κ3) is 7.82. The summed E-state index contributed by atoms with van der Waals surface area (Å²) in [6, 6.07) is 21.3. The molecule has 0 fully saturated rings. The second-order valence-corrected chi connectivity index (χ2v) is 7.87. The van der Waals surface area contributed by atoms with Gasteiger partial charge in [0.1, 0.15) is 11.5 Å². The third-order valence-corrected chi connectivity index (χ3v) is 5.33. The first-order valence-electron chi connectivity index (χ1n) is 11.0. The second-order valence-electron chi connectivity index (χ2n) is 7.87. The van der Waals surface area contributed by atoms with Crippen LogP contribution in [0, 0.1) is 11.8 Å². The van der Waals surface area contributed by atoms with Crippen LogP contribution in [0.5, 0.6) is 11.5 Å². The van der Waals surface area contributed by atoms with Crippen LogP contribution < -0.4 is 9.47 Å². The molecular formula is C28H25F3O4. The third-order valence-electron chi connectivity index (χ3n) is 5.33. The topological polar surface area (TPSA) is 55.8 Å². The van der Waals surface area contributed by atoms with Gasteiger partial charge in [-0.1, -0.05) is 48.4 Å². The van der Waals surface area contributed by atoms with Crippen molar-refractivity contribution in [1.29, 1.82) is 0 Å². The Bertz CT molecular complexity index is 1150. The number of ether oxygens (including phenoxy) is 2. The summed E-state index contributed by atoms with van der Waals surface area (Å²) < 4.78 is 50.1. The first-order valence-corrected chi connectivity index (χ1v) is 11.0. The van der Waals surface area contributed by atoms with Gasteiger partial charge in [-0.25, -0.2) is 0 Å². The summed E-state index contributed by atoms with van der Waals surface area (Å²) in [5, 5.41) is 9.11. The smallest absolute Gasteiger partial charge is 0.416 e. The Kier molecular flexibility index (Phi) is 8.80. The van der Waals surface area contributed by atoms with Crippen molar-refractivity contribution >= 4 is 5.97 Å². The monoisotopic (exact) mass is 482 g/mol. The van der Waals surface area contributed by atoms with Crippen molar-refractivity contribution in [3.63, 3.8) is 0 Å². The molecule has 7 heteroatoms. The molecule has 0 saturated heterocycles. The number of carbonyl (C=O) groups is 1. The summed E-state index contributed by atoms with van der Waals surface area (Å²) >= 11 is 0. The van der Waals surface area contributed by atoms with Gasteiger partial charge in [0.25, 0.3) is 0 Å². The van der Waals surface area contributed by atoms with Gasteiger partial charge in [0, 0.05) is 0 Å². The molecule has 0 radical (unpaired) electrons. The van der Waals surface area contributed by atoms with E-state index in [0.29, 0.717) is 11.5 Å². The van der Waals surface area contributed by atoms with Gasteiger partial charge >= 0.3 is 12.1 Å². The SMILES string of the molecule is CC#CC(CC(=O)O)c1ccc(OCC(COc2ccc(C(F)(F)F)cc2)c2ccccc2)cc1. The zero-order chi connectivity index (χ0) is 25.3. The molecule has 0 bridgehead atoms. The first kappa shape index (κ1) is 25.7. The molecule has 35 heavy (non-hydrogen) atoms. The number of rotatable bonds is 10. The van der Waals surface area contributed by atoms with Gasteiger partial charge in [-0.2, -0.15) is 13.2 Å². The highest BCUT2D eigenvalue weighted by Gasteiger charge is 2.30. The average Bonchev–Trinajstić information content (AvgIpc) is 2.84. The number of alkyl halides is 3. The van der Waals surface area contributed by atoms with Crippen molar-refractivity contribution in [2.24, 2.45) is 0 Å². The number of hydrogen-bond acceptors (Lipinski definition) is 3. The molecule has 0 spiro atoms. The van der Waals surface area contributed by atoms with Crippen LogP contribution in [0.2, 0.25) is 0 Å². The van der Waals surface area contributed by atoms with Crippen LogP contribution in [-0.2, 0) is 11.0 Å². The van der Waals surface area contributed by atoms with Crippen molar-refractivity contribution in [1.82, 2.24) is 0 Å². The Labute approximate surface area is 202 Å². The Hall–Kier alpha value is -3.92. The van der Waals surface area contributed by atoms with Crippen molar-refractivity contribution in [2.75, 3.05) is 13.2 Å². The largest absolute Gasteiger partial charge is 0.493 e.